The number of benzene rings is 1. The van der Waals surface area contributed by atoms with Gasteiger partial charge in [-0.05, 0) is 17.7 Å². The minimum atomic E-state index is -0.646. The molecule has 0 unspecified atom stereocenters. The van der Waals surface area contributed by atoms with Crippen LogP contribution in [0.4, 0.5) is 14.5 Å². The molecule has 0 atom stereocenters. The standard InChI is InChI=1S/C14H10F2N4O/c15-10-2-1-8(12(16)5-10)4-13-19-14(21-20-13)9-3-11(17)7-18-6-9/h1-3,5-7H,4,17H2. The molecule has 0 fully saturated rings. The number of pyridine rings is 1. The van der Waals surface area contributed by atoms with E-state index in [9.17, 15) is 8.78 Å². The third-order valence-electron chi connectivity index (χ3n) is 2.84. The van der Waals surface area contributed by atoms with E-state index in [1.165, 1.54) is 24.5 Å². The lowest BCUT2D eigenvalue weighted by molar-refractivity contribution is 0.423. The lowest BCUT2D eigenvalue weighted by atomic mass is 10.1. The summed E-state index contributed by atoms with van der Waals surface area (Å²) >= 11 is 0. The Hall–Kier alpha value is -2.83. The van der Waals surface area contributed by atoms with E-state index in [1.54, 1.807) is 6.07 Å². The molecule has 0 radical (unpaired) electrons. The molecule has 0 aliphatic carbocycles. The van der Waals surface area contributed by atoms with Crippen molar-refractivity contribution in [3.05, 3.63) is 59.7 Å². The number of hydrogen-bond acceptors (Lipinski definition) is 5. The van der Waals surface area contributed by atoms with E-state index >= 15 is 0 Å². The first-order valence-electron chi connectivity index (χ1n) is 6.09. The van der Waals surface area contributed by atoms with Crippen LogP contribution in [0.25, 0.3) is 11.5 Å². The monoisotopic (exact) mass is 288 g/mol. The van der Waals surface area contributed by atoms with Crippen molar-refractivity contribution in [3.63, 3.8) is 0 Å². The summed E-state index contributed by atoms with van der Waals surface area (Å²) in [5.41, 5.74) is 6.96. The van der Waals surface area contributed by atoms with Gasteiger partial charge in [-0.25, -0.2) is 8.78 Å². The molecular weight excluding hydrogens is 278 g/mol. The van der Waals surface area contributed by atoms with Gasteiger partial charge in [0.2, 0.25) is 0 Å². The molecule has 0 saturated heterocycles. The van der Waals surface area contributed by atoms with Crippen molar-refractivity contribution in [2.45, 2.75) is 6.42 Å². The van der Waals surface area contributed by atoms with Gasteiger partial charge in [-0.3, -0.25) is 4.98 Å². The minimum Gasteiger partial charge on any atom is -0.397 e. The van der Waals surface area contributed by atoms with E-state index in [4.69, 9.17) is 10.3 Å². The van der Waals surface area contributed by atoms with Crippen LogP contribution in [0.15, 0.2) is 41.2 Å². The third kappa shape index (κ3) is 2.86. The Morgan fingerprint density at radius 1 is 1.14 bits per heavy atom. The first-order valence-corrected chi connectivity index (χ1v) is 6.09. The molecule has 7 heteroatoms. The van der Waals surface area contributed by atoms with Crippen molar-refractivity contribution >= 4 is 5.69 Å². The predicted octanol–water partition coefficient (Wildman–Crippen LogP) is 2.58. The minimum absolute atomic E-state index is 0.103. The molecule has 2 aromatic heterocycles. The van der Waals surface area contributed by atoms with Gasteiger partial charge in [0.25, 0.3) is 5.89 Å². The molecule has 2 heterocycles. The summed E-state index contributed by atoms with van der Waals surface area (Å²) in [6.45, 7) is 0. The van der Waals surface area contributed by atoms with Crippen LogP contribution in [-0.2, 0) is 6.42 Å². The largest absolute Gasteiger partial charge is 0.397 e. The van der Waals surface area contributed by atoms with E-state index < -0.39 is 11.6 Å². The third-order valence-corrected chi connectivity index (χ3v) is 2.84. The summed E-state index contributed by atoms with van der Waals surface area (Å²) in [5, 5.41) is 3.77. The van der Waals surface area contributed by atoms with Gasteiger partial charge >= 0.3 is 0 Å². The Morgan fingerprint density at radius 3 is 2.76 bits per heavy atom. The average molecular weight is 288 g/mol. The Balaban J connectivity index is 1.85. The van der Waals surface area contributed by atoms with Crippen molar-refractivity contribution in [2.75, 3.05) is 5.73 Å². The van der Waals surface area contributed by atoms with Crippen molar-refractivity contribution in [3.8, 4) is 11.5 Å². The SMILES string of the molecule is Nc1cncc(-c2nc(Cc3ccc(F)cc3F)no2)c1. The molecule has 3 rings (SSSR count). The Morgan fingerprint density at radius 2 is 2.00 bits per heavy atom. The summed E-state index contributed by atoms with van der Waals surface area (Å²) in [6, 6.07) is 4.99. The summed E-state index contributed by atoms with van der Waals surface area (Å²) in [7, 11) is 0. The molecule has 0 amide bonds. The van der Waals surface area contributed by atoms with Gasteiger partial charge in [-0.15, -0.1) is 0 Å². The highest BCUT2D eigenvalue weighted by Crippen LogP contribution is 2.19. The van der Waals surface area contributed by atoms with Gasteiger partial charge in [-0.2, -0.15) is 4.98 Å². The number of anilines is 1. The molecule has 3 aromatic rings. The molecule has 1 aromatic carbocycles. The molecule has 21 heavy (non-hydrogen) atoms. The number of nitrogen functional groups attached to an aromatic ring is 1. The quantitative estimate of drug-likeness (QED) is 0.801. The molecule has 0 bridgehead atoms. The van der Waals surface area contributed by atoms with Crippen molar-refractivity contribution < 1.29 is 13.3 Å². The van der Waals surface area contributed by atoms with Crippen LogP contribution in [0.5, 0.6) is 0 Å². The van der Waals surface area contributed by atoms with Crippen LogP contribution < -0.4 is 5.73 Å². The average Bonchev–Trinajstić information content (AvgIpc) is 2.91. The fourth-order valence-corrected chi connectivity index (χ4v) is 1.85. The van der Waals surface area contributed by atoms with Crippen molar-refractivity contribution in [1.29, 1.82) is 0 Å². The summed E-state index contributed by atoms with van der Waals surface area (Å²) in [6.07, 6.45) is 3.13. The number of nitrogens with zero attached hydrogens (tertiary/aromatic N) is 3. The zero-order valence-corrected chi connectivity index (χ0v) is 10.8. The normalized spacial score (nSPS) is 10.8. The summed E-state index contributed by atoms with van der Waals surface area (Å²) < 4.78 is 31.5. The number of aromatic nitrogens is 3. The first kappa shape index (κ1) is 13.2. The molecule has 106 valence electrons. The molecule has 2 N–H and O–H groups in total. The topological polar surface area (TPSA) is 77.8 Å². The van der Waals surface area contributed by atoms with Crippen LogP contribution in [0.1, 0.15) is 11.4 Å². The first-order chi connectivity index (χ1) is 10.1. The van der Waals surface area contributed by atoms with Gasteiger partial charge in [0.1, 0.15) is 11.6 Å². The fraction of sp³-hybridized carbons (Fsp3) is 0.0714. The smallest absolute Gasteiger partial charge is 0.259 e. The highest BCUT2D eigenvalue weighted by atomic mass is 19.1. The second kappa shape index (κ2) is 5.28. The maximum atomic E-state index is 13.6. The van der Waals surface area contributed by atoms with Gasteiger partial charge in [0, 0.05) is 24.9 Å². The Kier molecular flexibility index (Phi) is 3.31. The van der Waals surface area contributed by atoms with E-state index in [0.29, 0.717) is 11.3 Å². The van der Waals surface area contributed by atoms with E-state index in [1.807, 2.05) is 0 Å². The van der Waals surface area contributed by atoms with Crippen LogP contribution in [0.3, 0.4) is 0 Å². The van der Waals surface area contributed by atoms with Gasteiger partial charge < -0.3 is 10.3 Å². The molecule has 0 saturated carbocycles. The number of halogens is 2. The number of hydrogen-bond donors (Lipinski definition) is 1. The summed E-state index contributed by atoms with van der Waals surface area (Å²) in [5.74, 6) is -0.742. The van der Waals surface area contributed by atoms with Gasteiger partial charge in [0.15, 0.2) is 5.82 Å². The highest BCUT2D eigenvalue weighted by molar-refractivity contribution is 5.57. The maximum absolute atomic E-state index is 13.6. The highest BCUT2D eigenvalue weighted by Gasteiger charge is 2.12. The van der Waals surface area contributed by atoms with Crippen LogP contribution >= 0.6 is 0 Å². The molecule has 0 aliphatic heterocycles. The lowest BCUT2D eigenvalue weighted by Gasteiger charge is -1.99. The second-order valence-electron chi connectivity index (χ2n) is 4.44. The Bertz CT molecular complexity index is 788. The number of nitrogens with two attached hydrogens (primary N) is 1. The van der Waals surface area contributed by atoms with Gasteiger partial charge in [-0.1, -0.05) is 11.2 Å². The zero-order valence-electron chi connectivity index (χ0n) is 10.8. The van der Waals surface area contributed by atoms with Crippen molar-refractivity contribution in [2.24, 2.45) is 0 Å². The van der Waals surface area contributed by atoms with E-state index in [-0.39, 0.29) is 23.7 Å². The Labute approximate surface area is 118 Å². The lowest BCUT2D eigenvalue weighted by Crippen LogP contribution is -1.95. The summed E-state index contributed by atoms with van der Waals surface area (Å²) in [4.78, 5) is 8.07. The predicted molar refractivity (Wildman–Crippen MR) is 71.1 cm³/mol. The zero-order chi connectivity index (χ0) is 14.8. The van der Waals surface area contributed by atoms with E-state index in [0.717, 1.165) is 6.07 Å². The van der Waals surface area contributed by atoms with Crippen LogP contribution in [0.2, 0.25) is 0 Å². The van der Waals surface area contributed by atoms with E-state index in [2.05, 4.69) is 15.1 Å². The molecule has 0 aliphatic rings. The molecule has 5 nitrogen and oxygen atoms in total. The maximum Gasteiger partial charge on any atom is 0.259 e. The molecular formula is C14H10F2N4O. The fourth-order valence-electron chi connectivity index (χ4n) is 1.85. The van der Waals surface area contributed by atoms with Crippen LogP contribution in [-0.4, -0.2) is 15.1 Å². The van der Waals surface area contributed by atoms with Gasteiger partial charge in [0.05, 0.1) is 11.3 Å². The van der Waals surface area contributed by atoms with Crippen LogP contribution in [0, 0.1) is 11.6 Å². The molecule has 0 spiro atoms. The number of rotatable bonds is 3. The van der Waals surface area contributed by atoms with Crippen molar-refractivity contribution in [1.82, 2.24) is 15.1 Å². The second-order valence-corrected chi connectivity index (χ2v) is 4.44.